The number of piperazine rings is 1. The number of carbonyl (C=O) groups excluding carboxylic acids is 1. The summed E-state index contributed by atoms with van der Waals surface area (Å²) in [4.78, 5) is 15.8. The fourth-order valence-electron chi connectivity index (χ4n) is 2.23. The van der Waals surface area contributed by atoms with Gasteiger partial charge in [-0.05, 0) is 24.3 Å². The van der Waals surface area contributed by atoms with Gasteiger partial charge in [-0.15, -0.1) is 0 Å². The maximum Gasteiger partial charge on any atom is 0.306 e. The van der Waals surface area contributed by atoms with Crippen LogP contribution in [-0.4, -0.2) is 50.7 Å². The number of anilines is 1. The molecule has 1 fully saturated rings. The van der Waals surface area contributed by atoms with E-state index in [-0.39, 0.29) is 5.97 Å². The van der Waals surface area contributed by atoms with Crippen LogP contribution < -0.4 is 4.90 Å². The van der Waals surface area contributed by atoms with Gasteiger partial charge in [0.05, 0.1) is 13.5 Å². The molecule has 19 heavy (non-hydrogen) atoms. The molecule has 0 radical (unpaired) electrons. The van der Waals surface area contributed by atoms with Crippen LogP contribution in [-0.2, 0) is 9.53 Å². The maximum absolute atomic E-state index is 11.1. The first-order valence-electron chi connectivity index (χ1n) is 6.49. The monoisotopic (exact) mass is 326 g/mol. The molecule has 1 aromatic rings. The summed E-state index contributed by atoms with van der Waals surface area (Å²) in [6.07, 6.45) is 0.481. The fraction of sp³-hybridized carbons (Fsp3) is 0.500. The van der Waals surface area contributed by atoms with E-state index < -0.39 is 0 Å². The highest BCUT2D eigenvalue weighted by atomic mass is 79.9. The van der Waals surface area contributed by atoms with E-state index in [1.54, 1.807) is 0 Å². The number of ether oxygens (including phenoxy) is 1. The van der Waals surface area contributed by atoms with Gasteiger partial charge in [0.15, 0.2) is 0 Å². The van der Waals surface area contributed by atoms with E-state index >= 15 is 0 Å². The lowest BCUT2D eigenvalue weighted by Gasteiger charge is -2.36. The van der Waals surface area contributed by atoms with Gasteiger partial charge >= 0.3 is 5.97 Å². The van der Waals surface area contributed by atoms with E-state index in [9.17, 15) is 4.79 Å². The van der Waals surface area contributed by atoms with Gasteiger partial charge in [0.2, 0.25) is 0 Å². The third-order valence-electron chi connectivity index (χ3n) is 3.42. The van der Waals surface area contributed by atoms with E-state index in [0.29, 0.717) is 6.42 Å². The van der Waals surface area contributed by atoms with Crippen molar-refractivity contribution in [2.24, 2.45) is 0 Å². The summed E-state index contributed by atoms with van der Waals surface area (Å²) < 4.78 is 5.77. The summed E-state index contributed by atoms with van der Waals surface area (Å²) >= 11 is 3.45. The number of esters is 1. The standard InChI is InChI=1S/C14H19BrN2O2/c1-19-14(18)6-7-16-8-10-17(11-9-16)13-4-2-12(15)3-5-13/h2-5H,6-11H2,1H3. The molecule has 0 aliphatic carbocycles. The van der Waals surface area contributed by atoms with Crippen LogP contribution in [0.4, 0.5) is 5.69 Å². The number of hydrogen-bond donors (Lipinski definition) is 0. The van der Waals surface area contributed by atoms with Crippen LogP contribution in [0, 0.1) is 0 Å². The van der Waals surface area contributed by atoms with Gasteiger partial charge in [0.25, 0.3) is 0 Å². The Hall–Kier alpha value is -1.07. The quantitative estimate of drug-likeness (QED) is 0.793. The van der Waals surface area contributed by atoms with Gasteiger partial charge in [-0.25, -0.2) is 0 Å². The number of benzene rings is 1. The molecule has 0 N–H and O–H groups in total. The van der Waals surface area contributed by atoms with Crippen molar-refractivity contribution in [3.63, 3.8) is 0 Å². The van der Waals surface area contributed by atoms with Crippen molar-refractivity contribution in [3.05, 3.63) is 28.7 Å². The summed E-state index contributed by atoms with van der Waals surface area (Å²) in [5.41, 5.74) is 1.26. The Morgan fingerprint density at radius 3 is 2.42 bits per heavy atom. The van der Waals surface area contributed by atoms with Crippen molar-refractivity contribution in [3.8, 4) is 0 Å². The normalized spacial score (nSPS) is 16.4. The van der Waals surface area contributed by atoms with Crippen molar-refractivity contribution in [1.29, 1.82) is 0 Å². The lowest BCUT2D eigenvalue weighted by atomic mass is 10.2. The predicted octanol–water partition coefficient (Wildman–Crippen LogP) is 2.13. The summed E-state index contributed by atoms with van der Waals surface area (Å²) in [6, 6.07) is 8.40. The van der Waals surface area contributed by atoms with Crippen molar-refractivity contribution < 1.29 is 9.53 Å². The van der Waals surface area contributed by atoms with Crippen LogP contribution in [0.3, 0.4) is 0 Å². The molecule has 1 saturated heterocycles. The average Bonchev–Trinajstić information content (AvgIpc) is 2.46. The Morgan fingerprint density at radius 2 is 1.84 bits per heavy atom. The Kier molecular flexibility index (Phi) is 5.22. The second-order valence-electron chi connectivity index (χ2n) is 4.63. The van der Waals surface area contributed by atoms with E-state index in [4.69, 9.17) is 0 Å². The van der Waals surface area contributed by atoms with Gasteiger partial charge < -0.3 is 9.64 Å². The van der Waals surface area contributed by atoms with Gasteiger partial charge in [-0.3, -0.25) is 9.69 Å². The molecule has 0 bridgehead atoms. The van der Waals surface area contributed by atoms with E-state index in [0.717, 1.165) is 37.2 Å². The molecule has 4 nitrogen and oxygen atoms in total. The highest BCUT2D eigenvalue weighted by Gasteiger charge is 2.17. The third-order valence-corrected chi connectivity index (χ3v) is 3.95. The van der Waals surface area contributed by atoms with Crippen molar-refractivity contribution >= 4 is 27.6 Å². The molecule has 0 spiro atoms. The topological polar surface area (TPSA) is 32.8 Å². The molecular formula is C14H19BrN2O2. The lowest BCUT2D eigenvalue weighted by Crippen LogP contribution is -2.46. The minimum atomic E-state index is -0.129. The van der Waals surface area contributed by atoms with E-state index in [2.05, 4.69) is 54.7 Å². The highest BCUT2D eigenvalue weighted by molar-refractivity contribution is 9.10. The largest absolute Gasteiger partial charge is 0.469 e. The first kappa shape index (κ1) is 14.3. The smallest absolute Gasteiger partial charge is 0.306 e. The number of nitrogens with zero attached hydrogens (tertiary/aromatic N) is 2. The SMILES string of the molecule is COC(=O)CCN1CCN(c2ccc(Br)cc2)CC1. The van der Waals surface area contributed by atoms with Gasteiger partial charge in [0, 0.05) is 42.9 Å². The zero-order chi connectivity index (χ0) is 13.7. The molecule has 0 amide bonds. The van der Waals surface area contributed by atoms with Crippen LogP contribution in [0.2, 0.25) is 0 Å². The minimum Gasteiger partial charge on any atom is -0.469 e. The Balaban J connectivity index is 1.79. The van der Waals surface area contributed by atoms with Crippen molar-refractivity contribution in [2.45, 2.75) is 6.42 Å². The molecule has 0 atom stereocenters. The fourth-order valence-corrected chi connectivity index (χ4v) is 2.50. The van der Waals surface area contributed by atoms with Crippen molar-refractivity contribution in [1.82, 2.24) is 4.90 Å². The predicted molar refractivity (Wildman–Crippen MR) is 79.4 cm³/mol. The molecule has 2 rings (SSSR count). The third kappa shape index (κ3) is 4.21. The number of carbonyl (C=O) groups is 1. The van der Waals surface area contributed by atoms with E-state index in [1.807, 2.05) is 0 Å². The first-order valence-corrected chi connectivity index (χ1v) is 7.28. The van der Waals surface area contributed by atoms with Gasteiger partial charge in [-0.1, -0.05) is 15.9 Å². The van der Waals surface area contributed by atoms with Crippen molar-refractivity contribution in [2.75, 3.05) is 44.7 Å². The number of hydrogen-bond acceptors (Lipinski definition) is 4. The average molecular weight is 327 g/mol. The molecule has 0 saturated carbocycles. The zero-order valence-corrected chi connectivity index (χ0v) is 12.7. The second-order valence-corrected chi connectivity index (χ2v) is 5.55. The summed E-state index contributed by atoms with van der Waals surface area (Å²) in [6.45, 7) is 4.78. The van der Waals surface area contributed by atoms with Crippen LogP contribution >= 0.6 is 15.9 Å². The number of rotatable bonds is 4. The minimum absolute atomic E-state index is 0.129. The van der Waals surface area contributed by atoms with Crippen LogP contribution in [0.25, 0.3) is 0 Å². The zero-order valence-electron chi connectivity index (χ0n) is 11.1. The first-order chi connectivity index (χ1) is 9.19. The molecule has 1 aromatic carbocycles. The molecule has 0 unspecified atom stereocenters. The molecule has 1 aliphatic rings. The lowest BCUT2D eigenvalue weighted by molar-refractivity contribution is -0.141. The molecule has 1 aliphatic heterocycles. The van der Waals surface area contributed by atoms with Gasteiger partial charge in [-0.2, -0.15) is 0 Å². The molecule has 104 valence electrons. The summed E-state index contributed by atoms with van der Waals surface area (Å²) in [7, 11) is 1.44. The van der Waals surface area contributed by atoms with Crippen LogP contribution in [0.1, 0.15) is 6.42 Å². The Morgan fingerprint density at radius 1 is 1.21 bits per heavy atom. The number of methoxy groups -OCH3 is 1. The van der Waals surface area contributed by atoms with Crippen LogP contribution in [0.5, 0.6) is 0 Å². The molecule has 0 aromatic heterocycles. The Labute approximate surface area is 122 Å². The van der Waals surface area contributed by atoms with Gasteiger partial charge in [0.1, 0.15) is 0 Å². The number of halogens is 1. The Bertz CT molecular complexity index is 414. The highest BCUT2D eigenvalue weighted by Crippen LogP contribution is 2.19. The summed E-state index contributed by atoms with van der Waals surface area (Å²) in [5.74, 6) is -0.129. The molecular weight excluding hydrogens is 308 g/mol. The maximum atomic E-state index is 11.1. The molecule has 1 heterocycles. The second kappa shape index (κ2) is 6.91. The molecule has 5 heteroatoms. The van der Waals surface area contributed by atoms with E-state index in [1.165, 1.54) is 12.8 Å². The summed E-state index contributed by atoms with van der Waals surface area (Å²) in [5, 5.41) is 0. The van der Waals surface area contributed by atoms with Crippen LogP contribution in [0.15, 0.2) is 28.7 Å².